The molecule has 3 rings (SSSR count). The third kappa shape index (κ3) is 3.84. The van der Waals surface area contributed by atoms with Crippen molar-refractivity contribution in [2.24, 2.45) is 0 Å². The number of hydrogen-bond acceptors (Lipinski definition) is 5. The molecule has 0 radical (unpaired) electrons. The number of amides is 2. The summed E-state index contributed by atoms with van der Waals surface area (Å²) in [5.41, 5.74) is 0.111. The van der Waals surface area contributed by atoms with Gasteiger partial charge in [0.15, 0.2) is 0 Å². The molecule has 2 aromatic carbocycles. The second-order valence-electron chi connectivity index (χ2n) is 6.87. The number of rotatable bonds is 8. The molecule has 0 saturated carbocycles. The summed E-state index contributed by atoms with van der Waals surface area (Å²) in [5, 5.41) is 21.7. The predicted octanol–water partition coefficient (Wildman–Crippen LogP) is 1.66. The molecular formula is C21H24N2O6. The van der Waals surface area contributed by atoms with Crippen LogP contribution in [-0.2, 0) is 17.8 Å². The summed E-state index contributed by atoms with van der Waals surface area (Å²) in [6, 6.07) is 13.7. The number of carboxylic acid groups (broad SMARTS) is 1. The molecule has 0 spiro atoms. The van der Waals surface area contributed by atoms with Crippen molar-refractivity contribution in [1.29, 1.82) is 0 Å². The molecule has 1 aliphatic rings. The molecule has 8 nitrogen and oxygen atoms in total. The average molecular weight is 400 g/mol. The summed E-state index contributed by atoms with van der Waals surface area (Å²) in [6.45, 7) is -0.202. The molecule has 2 atom stereocenters. The van der Waals surface area contributed by atoms with E-state index in [1.165, 1.54) is 12.0 Å². The van der Waals surface area contributed by atoms with E-state index in [1.54, 1.807) is 25.3 Å². The average Bonchev–Trinajstić information content (AvgIpc) is 2.73. The van der Waals surface area contributed by atoms with Crippen LogP contribution in [0.3, 0.4) is 0 Å². The number of nitrogens with one attached hydrogen (secondary N) is 1. The van der Waals surface area contributed by atoms with Crippen molar-refractivity contribution in [3.8, 4) is 11.5 Å². The third-order valence-corrected chi connectivity index (χ3v) is 5.25. The number of hydrogen-bond donors (Lipinski definition) is 3. The zero-order valence-electron chi connectivity index (χ0n) is 16.3. The number of likely N-dealkylation sites (tertiary alicyclic amines) is 1. The minimum atomic E-state index is -1.42. The smallest absolute Gasteiger partial charge is 0.405 e. The fraction of sp³-hybridized carbons (Fsp3) is 0.333. The fourth-order valence-corrected chi connectivity index (χ4v) is 3.83. The first-order valence-electron chi connectivity index (χ1n) is 9.13. The van der Waals surface area contributed by atoms with E-state index < -0.39 is 17.7 Å². The number of benzene rings is 2. The van der Waals surface area contributed by atoms with Gasteiger partial charge in [-0.05, 0) is 17.7 Å². The van der Waals surface area contributed by atoms with Crippen molar-refractivity contribution in [2.45, 2.75) is 24.5 Å². The molecule has 2 amide bonds. The molecule has 0 unspecified atom stereocenters. The van der Waals surface area contributed by atoms with Crippen LogP contribution in [0.2, 0.25) is 0 Å². The first-order valence-corrected chi connectivity index (χ1v) is 9.13. The summed E-state index contributed by atoms with van der Waals surface area (Å²) in [7, 11) is 3.07. The van der Waals surface area contributed by atoms with Crippen LogP contribution in [0.15, 0.2) is 48.5 Å². The molecule has 29 heavy (non-hydrogen) atoms. The summed E-state index contributed by atoms with van der Waals surface area (Å²) in [5.74, 6) is 0.770. The minimum absolute atomic E-state index is 0.153. The number of methoxy groups -OCH3 is 2. The number of aliphatic hydroxyl groups excluding tert-OH is 1. The van der Waals surface area contributed by atoms with Gasteiger partial charge in [-0.2, -0.15) is 0 Å². The molecule has 3 N–H and O–H groups in total. The van der Waals surface area contributed by atoms with Crippen LogP contribution in [0.25, 0.3) is 0 Å². The van der Waals surface area contributed by atoms with Gasteiger partial charge in [0.05, 0.1) is 26.9 Å². The van der Waals surface area contributed by atoms with Crippen molar-refractivity contribution in [2.75, 3.05) is 20.8 Å². The lowest BCUT2D eigenvalue weighted by Crippen LogP contribution is -2.81. The van der Waals surface area contributed by atoms with Crippen molar-refractivity contribution < 1.29 is 29.3 Å². The molecule has 1 heterocycles. The topological polar surface area (TPSA) is 108 Å². The lowest BCUT2D eigenvalue weighted by Gasteiger charge is -2.55. The van der Waals surface area contributed by atoms with E-state index in [1.807, 2.05) is 30.3 Å². The second-order valence-corrected chi connectivity index (χ2v) is 6.87. The van der Waals surface area contributed by atoms with Gasteiger partial charge in [0.2, 0.25) is 0 Å². The van der Waals surface area contributed by atoms with Gasteiger partial charge < -0.3 is 29.9 Å². The molecule has 0 aromatic heterocycles. The Balaban J connectivity index is 1.89. The lowest BCUT2D eigenvalue weighted by molar-refractivity contribution is -0.167. The van der Waals surface area contributed by atoms with Crippen molar-refractivity contribution in [3.05, 3.63) is 59.7 Å². The standard InChI is InChI=1S/C21H24N2O6/c1-28-16-9-8-15(17(10-16)29-2)12-23-18(13-24)21(19(23)25,22-20(26)27)11-14-6-4-3-5-7-14/h3-10,18,22,24H,11-13H2,1-2H3,(H,26,27)/t18-,21+/m1/s1. The van der Waals surface area contributed by atoms with Crippen molar-refractivity contribution in [3.63, 3.8) is 0 Å². The van der Waals surface area contributed by atoms with Gasteiger partial charge in [0.25, 0.3) is 5.91 Å². The molecule has 1 fully saturated rings. The van der Waals surface area contributed by atoms with Gasteiger partial charge in [-0.1, -0.05) is 30.3 Å². The van der Waals surface area contributed by atoms with Crippen LogP contribution >= 0.6 is 0 Å². The Kier molecular flexibility index (Phi) is 5.93. The molecule has 2 aromatic rings. The first-order chi connectivity index (χ1) is 13.9. The zero-order valence-corrected chi connectivity index (χ0v) is 16.3. The van der Waals surface area contributed by atoms with E-state index in [0.717, 1.165) is 11.1 Å². The normalized spacial score (nSPS) is 20.7. The number of ether oxygens (including phenoxy) is 2. The largest absolute Gasteiger partial charge is 0.497 e. The maximum atomic E-state index is 13.1. The van der Waals surface area contributed by atoms with Crippen molar-refractivity contribution >= 4 is 12.0 Å². The Labute approximate surface area is 168 Å². The second kappa shape index (κ2) is 8.40. The number of carbonyl (C=O) groups is 2. The SMILES string of the molecule is COc1ccc(CN2C(=O)[C@@](Cc3ccccc3)(NC(=O)O)[C@H]2CO)c(OC)c1. The molecule has 1 saturated heterocycles. The molecule has 1 aliphatic heterocycles. The highest BCUT2D eigenvalue weighted by molar-refractivity contribution is 5.97. The maximum absolute atomic E-state index is 13.1. The zero-order chi connectivity index (χ0) is 21.0. The Morgan fingerprint density at radius 1 is 1.17 bits per heavy atom. The number of nitrogens with zero attached hydrogens (tertiary/aromatic N) is 1. The van der Waals surface area contributed by atoms with Crippen LogP contribution in [0.5, 0.6) is 11.5 Å². The van der Waals surface area contributed by atoms with Crippen LogP contribution in [0.4, 0.5) is 4.79 Å². The lowest BCUT2D eigenvalue weighted by atomic mass is 9.74. The van der Waals surface area contributed by atoms with Crippen LogP contribution < -0.4 is 14.8 Å². The van der Waals surface area contributed by atoms with Crippen molar-refractivity contribution in [1.82, 2.24) is 10.2 Å². The van der Waals surface area contributed by atoms with Gasteiger partial charge >= 0.3 is 6.09 Å². The van der Waals surface area contributed by atoms with E-state index in [4.69, 9.17) is 9.47 Å². The highest BCUT2D eigenvalue weighted by Crippen LogP contribution is 2.37. The Morgan fingerprint density at radius 2 is 1.90 bits per heavy atom. The quantitative estimate of drug-likeness (QED) is 0.582. The summed E-state index contributed by atoms with van der Waals surface area (Å²) >= 11 is 0. The minimum Gasteiger partial charge on any atom is -0.497 e. The molecule has 0 aliphatic carbocycles. The molecule has 0 bridgehead atoms. The highest BCUT2D eigenvalue weighted by atomic mass is 16.5. The Morgan fingerprint density at radius 3 is 2.48 bits per heavy atom. The van der Waals surface area contributed by atoms with Gasteiger partial charge in [-0.3, -0.25) is 4.79 Å². The van der Waals surface area contributed by atoms with Gasteiger partial charge in [0.1, 0.15) is 17.0 Å². The number of aliphatic hydroxyl groups is 1. The molecular weight excluding hydrogens is 376 g/mol. The number of β-lactam (4-membered cyclic amide) rings is 1. The fourth-order valence-electron chi connectivity index (χ4n) is 3.83. The molecule has 8 heteroatoms. The van der Waals surface area contributed by atoms with E-state index in [9.17, 15) is 19.8 Å². The maximum Gasteiger partial charge on any atom is 0.405 e. The van der Waals surface area contributed by atoms with E-state index in [-0.39, 0.29) is 25.5 Å². The first kappa shape index (κ1) is 20.5. The van der Waals surface area contributed by atoms with E-state index in [2.05, 4.69) is 5.32 Å². The highest BCUT2D eigenvalue weighted by Gasteiger charge is 2.61. The van der Waals surface area contributed by atoms with E-state index >= 15 is 0 Å². The summed E-state index contributed by atoms with van der Waals surface area (Å²) in [4.78, 5) is 26.0. The number of carbonyl (C=O) groups excluding carboxylic acids is 1. The van der Waals surface area contributed by atoms with Crippen LogP contribution in [0, 0.1) is 0 Å². The Hall–Kier alpha value is -3.26. The Bertz CT molecular complexity index is 888. The van der Waals surface area contributed by atoms with Crippen LogP contribution in [-0.4, -0.2) is 59.5 Å². The molecule has 154 valence electrons. The summed E-state index contributed by atoms with van der Waals surface area (Å²) in [6.07, 6.45) is -1.16. The van der Waals surface area contributed by atoms with E-state index in [0.29, 0.717) is 11.5 Å². The van der Waals surface area contributed by atoms with Gasteiger partial charge in [-0.15, -0.1) is 0 Å². The monoisotopic (exact) mass is 400 g/mol. The van der Waals surface area contributed by atoms with Gasteiger partial charge in [0, 0.05) is 24.6 Å². The van der Waals surface area contributed by atoms with Gasteiger partial charge in [-0.25, -0.2) is 4.79 Å². The third-order valence-electron chi connectivity index (χ3n) is 5.25. The predicted molar refractivity (Wildman–Crippen MR) is 105 cm³/mol. The summed E-state index contributed by atoms with van der Waals surface area (Å²) < 4.78 is 10.6. The van der Waals surface area contributed by atoms with Crippen LogP contribution in [0.1, 0.15) is 11.1 Å².